The molecular weight excluding hydrogens is 246 g/mol. The number of rotatable bonds is 4. The third-order valence-corrected chi connectivity index (χ3v) is 4.61. The highest BCUT2D eigenvalue weighted by Crippen LogP contribution is 2.45. The Morgan fingerprint density at radius 2 is 2.33 bits per heavy atom. The first-order valence-electron chi connectivity index (χ1n) is 6.23. The van der Waals surface area contributed by atoms with E-state index in [1.807, 2.05) is 6.92 Å². The van der Waals surface area contributed by atoms with Crippen LogP contribution in [-0.2, 0) is 4.79 Å². The average molecular weight is 261 g/mol. The zero-order chi connectivity index (χ0) is 12.7. The minimum absolute atomic E-state index is 0.172. The Morgan fingerprint density at radius 1 is 1.56 bits per heavy atom. The number of aliphatic carboxylic acids is 1. The third kappa shape index (κ3) is 2.12. The van der Waals surface area contributed by atoms with Gasteiger partial charge in [-0.05, 0) is 60.8 Å². The number of hydrogen-bond donors (Lipinski definition) is 1. The molecule has 1 unspecified atom stereocenters. The first-order valence-corrected chi connectivity index (χ1v) is 7.00. The number of benzene rings is 1. The molecule has 0 aliphatic heterocycles. The van der Waals surface area contributed by atoms with Crippen LogP contribution in [0.4, 0.5) is 0 Å². The van der Waals surface area contributed by atoms with Gasteiger partial charge in [-0.3, -0.25) is 4.79 Å². The van der Waals surface area contributed by atoms with Crippen molar-refractivity contribution in [3.8, 4) is 0 Å². The van der Waals surface area contributed by atoms with E-state index in [1.165, 1.54) is 21.6 Å². The molecule has 1 aromatic heterocycles. The van der Waals surface area contributed by atoms with E-state index in [-0.39, 0.29) is 12.3 Å². The SMILES string of the molecule is Cc1nsc2ccc(C(CC(=O)O)C3CC3)cc12. The van der Waals surface area contributed by atoms with Gasteiger partial charge in [0.25, 0.3) is 0 Å². The molecule has 0 radical (unpaired) electrons. The van der Waals surface area contributed by atoms with Gasteiger partial charge in [-0.25, -0.2) is 0 Å². The molecular formula is C14H15NO2S. The highest BCUT2D eigenvalue weighted by Gasteiger charge is 2.33. The van der Waals surface area contributed by atoms with Crippen LogP contribution < -0.4 is 0 Å². The van der Waals surface area contributed by atoms with Crippen LogP contribution in [0.5, 0.6) is 0 Å². The molecule has 1 saturated carbocycles. The van der Waals surface area contributed by atoms with Crippen molar-refractivity contribution in [3.63, 3.8) is 0 Å². The van der Waals surface area contributed by atoms with Gasteiger partial charge >= 0.3 is 5.97 Å². The zero-order valence-electron chi connectivity index (χ0n) is 10.2. The van der Waals surface area contributed by atoms with Crippen molar-refractivity contribution in [2.45, 2.75) is 32.1 Å². The Balaban J connectivity index is 2.00. The molecule has 0 amide bonds. The smallest absolute Gasteiger partial charge is 0.303 e. The molecule has 1 atom stereocenters. The van der Waals surface area contributed by atoms with E-state index in [0.29, 0.717) is 5.92 Å². The normalized spacial score (nSPS) is 16.9. The maximum atomic E-state index is 11.0. The lowest BCUT2D eigenvalue weighted by Crippen LogP contribution is -2.08. The highest BCUT2D eigenvalue weighted by molar-refractivity contribution is 7.13. The van der Waals surface area contributed by atoms with Crippen LogP contribution in [0.15, 0.2) is 18.2 Å². The summed E-state index contributed by atoms with van der Waals surface area (Å²) < 4.78 is 5.52. The Hall–Kier alpha value is -1.42. The standard InChI is InChI=1S/C14H15NO2S/c1-8-11-6-10(4-5-13(11)18-15-8)12(7-14(16)17)9-2-3-9/h4-6,9,12H,2-3,7H2,1H3,(H,16,17). The van der Waals surface area contributed by atoms with Crippen molar-refractivity contribution in [3.05, 3.63) is 29.5 Å². The van der Waals surface area contributed by atoms with Crippen LogP contribution in [0.2, 0.25) is 0 Å². The number of carboxylic acid groups (broad SMARTS) is 1. The van der Waals surface area contributed by atoms with E-state index >= 15 is 0 Å². The predicted octanol–water partition coefficient (Wildman–Crippen LogP) is 3.57. The summed E-state index contributed by atoms with van der Waals surface area (Å²) in [6.45, 7) is 2.01. The first kappa shape index (κ1) is 11.7. The van der Waals surface area contributed by atoms with E-state index in [2.05, 4.69) is 22.6 Å². The van der Waals surface area contributed by atoms with Crippen molar-refractivity contribution >= 4 is 27.6 Å². The molecule has 3 nitrogen and oxygen atoms in total. The van der Waals surface area contributed by atoms with Crippen molar-refractivity contribution < 1.29 is 9.90 Å². The van der Waals surface area contributed by atoms with Gasteiger partial charge in [-0.2, -0.15) is 4.37 Å². The van der Waals surface area contributed by atoms with Gasteiger partial charge in [0, 0.05) is 5.39 Å². The molecule has 94 valence electrons. The van der Waals surface area contributed by atoms with Gasteiger partial charge in [-0.15, -0.1) is 0 Å². The van der Waals surface area contributed by atoms with Crippen LogP contribution in [0, 0.1) is 12.8 Å². The van der Waals surface area contributed by atoms with E-state index in [0.717, 1.165) is 24.1 Å². The van der Waals surface area contributed by atoms with Gasteiger partial charge in [0.05, 0.1) is 16.8 Å². The molecule has 2 aromatic rings. The number of aryl methyl sites for hydroxylation is 1. The van der Waals surface area contributed by atoms with Crippen LogP contribution in [0.3, 0.4) is 0 Å². The summed E-state index contributed by atoms with van der Waals surface area (Å²) in [7, 11) is 0. The average Bonchev–Trinajstić information content (AvgIpc) is 3.11. The van der Waals surface area contributed by atoms with Crippen LogP contribution >= 0.6 is 11.5 Å². The van der Waals surface area contributed by atoms with Gasteiger partial charge in [0.2, 0.25) is 0 Å². The second kappa shape index (κ2) is 4.35. The maximum absolute atomic E-state index is 11.0. The lowest BCUT2D eigenvalue weighted by molar-refractivity contribution is -0.137. The van der Waals surface area contributed by atoms with E-state index in [9.17, 15) is 4.79 Å². The van der Waals surface area contributed by atoms with Crippen molar-refractivity contribution in [1.29, 1.82) is 0 Å². The number of carboxylic acids is 1. The number of aromatic nitrogens is 1. The van der Waals surface area contributed by atoms with Gasteiger partial charge in [0.1, 0.15) is 0 Å². The fourth-order valence-electron chi connectivity index (χ4n) is 2.55. The summed E-state index contributed by atoms with van der Waals surface area (Å²) in [5, 5.41) is 10.2. The van der Waals surface area contributed by atoms with E-state index in [1.54, 1.807) is 0 Å². The monoisotopic (exact) mass is 261 g/mol. The topological polar surface area (TPSA) is 50.2 Å². The van der Waals surface area contributed by atoms with Gasteiger partial charge in [-0.1, -0.05) is 6.07 Å². The molecule has 0 spiro atoms. The van der Waals surface area contributed by atoms with Crippen LogP contribution in [0.25, 0.3) is 10.1 Å². The Kier molecular flexibility index (Phi) is 2.82. The zero-order valence-corrected chi connectivity index (χ0v) is 11.0. The Morgan fingerprint density at radius 3 is 3.00 bits per heavy atom. The first-order chi connectivity index (χ1) is 8.65. The lowest BCUT2D eigenvalue weighted by Gasteiger charge is -2.14. The fourth-order valence-corrected chi connectivity index (χ4v) is 3.32. The third-order valence-electron chi connectivity index (χ3n) is 3.69. The molecule has 0 saturated heterocycles. The molecule has 1 heterocycles. The van der Waals surface area contributed by atoms with Crippen molar-refractivity contribution in [2.24, 2.45) is 5.92 Å². The van der Waals surface area contributed by atoms with Gasteiger partial charge in [0.15, 0.2) is 0 Å². The minimum Gasteiger partial charge on any atom is -0.481 e. The number of nitrogens with zero attached hydrogens (tertiary/aromatic N) is 1. The summed E-state index contributed by atoms with van der Waals surface area (Å²) >= 11 is 1.51. The highest BCUT2D eigenvalue weighted by atomic mass is 32.1. The van der Waals surface area contributed by atoms with Gasteiger partial charge < -0.3 is 5.11 Å². The number of hydrogen-bond acceptors (Lipinski definition) is 3. The van der Waals surface area contributed by atoms with Crippen molar-refractivity contribution in [1.82, 2.24) is 4.37 Å². The molecule has 1 N–H and O–H groups in total. The van der Waals surface area contributed by atoms with E-state index < -0.39 is 5.97 Å². The van der Waals surface area contributed by atoms with E-state index in [4.69, 9.17) is 5.11 Å². The summed E-state index contributed by atoms with van der Waals surface area (Å²) in [6, 6.07) is 6.29. The largest absolute Gasteiger partial charge is 0.481 e. The van der Waals surface area contributed by atoms with Crippen molar-refractivity contribution in [2.75, 3.05) is 0 Å². The minimum atomic E-state index is -0.702. The molecule has 1 fully saturated rings. The summed E-state index contributed by atoms with van der Waals surface area (Å²) in [6.07, 6.45) is 2.57. The molecule has 18 heavy (non-hydrogen) atoms. The second-order valence-electron chi connectivity index (χ2n) is 5.07. The molecule has 3 rings (SSSR count). The number of fused-ring (bicyclic) bond motifs is 1. The molecule has 1 aromatic carbocycles. The van der Waals surface area contributed by atoms with Crippen LogP contribution in [0.1, 0.15) is 36.4 Å². The molecule has 0 bridgehead atoms. The summed E-state index contributed by atoms with van der Waals surface area (Å²) in [5.74, 6) is 0.0313. The summed E-state index contributed by atoms with van der Waals surface area (Å²) in [4.78, 5) is 11.0. The fraction of sp³-hybridized carbons (Fsp3) is 0.429. The lowest BCUT2D eigenvalue weighted by atomic mass is 9.90. The Bertz CT molecular complexity index is 601. The second-order valence-corrected chi connectivity index (χ2v) is 5.87. The summed E-state index contributed by atoms with van der Waals surface area (Å²) in [5.41, 5.74) is 2.21. The molecule has 1 aliphatic rings. The maximum Gasteiger partial charge on any atom is 0.303 e. The molecule has 1 aliphatic carbocycles. The number of carbonyl (C=O) groups is 1. The van der Waals surface area contributed by atoms with Crippen LogP contribution in [-0.4, -0.2) is 15.4 Å². The Labute approximate surface area is 110 Å². The quantitative estimate of drug-likeness (QED) is 0.915. The predicted molar refractivity (Wildman–Crippen MR) is 72.1 cm³/mol. The molecule has 4 heteroatoms.